The number of aliphatic carboxylic acids is 1. The van der Waals surface area contributed by atoms with Crippen LogP contribution in [0.25, 0.3) is 11.1 Å². The number of nitrogens with one attached hydrogen (secondary N) is 2. The van der Waals surface area contributed by atoms with Crippen LogP contribution in [0.15, 0.2) is 66.7 Å². The van der Waals surface area contributed by atoms with Crippen LogP contribution in [0.2, 0.25) is 0 Å². The van der Waals surface area contributed by atoms with Crippen molar-refractivity contribution in [3.05, 3.63) is 87.0 Å². The molecule has 1 aliphatic rings. The van der Waals surface area contributed by atoms with Crippen molar-refractivity contribution in [1.29, 1.82) is 0 Å². The summed E-state index contributed by atoms with van der Waals surface area (Å²) in [4.78, 5) is 36.1. The Hall–Kier alpha value is -3.44. The minimum Gasteiger partial charge on any atom is -0.479 e. The molecule has 4 N–H and O–H groups in total. The monoisotopic (exact) mass is 586 g/mol. The standard InChI is InChI=1S/C26H23IN2O6/c1-26(34,24(31)32)14-28-23(30)15-10-16(27)12-17(11-15)29-25(33)35-13-22-20-8-4-2-6-18(20)19-7-3-5-9-21(19)22/h2-12,22,34H,13-14H2,1H3,(H,28,30)(H,29,33)(H,31,32). The van der Waals surface area contributed by atoms with Crippen molar-refractivity contribution in [1.82, 2.24) is 5.32 Å². The number of amides is 2. The van der Waals surface area contributed by atoms with E-state index in [0.29, 0.717) is 9.26 Å². The zero-order chi connectivity index (χ0) is 25.2. The minimum absolute atomic E-state index is 0.0765. The lowest BCUT2D eigenvalue weighted by Crippen LogP contribution is -2.46. The zero-order valence-electron chi connectivity index (χ0n) is 18.7. The van der Waals surface area contributed by atoms with Gasteiger partial charge >= 0.3 is 12.1 Å². The Bertz CT molecular complexity index is 1260. The second-order valence-corrected chi connectivity index (χ2v) is 9.69. The molecule has 0 saturated carbocycles. The van der Waals surface area contributed by atoms with Gasteiger partial charge in [-0.1, -0.05) is 48.5 Å². The first-order chi connectivity index (χ1) is 16.7. The van der Waals surface area contributed by atoms with Crippen LogP contribution in [0, 0.1) is 3.57 Å². The van der Waals surface area contributed by atoms with Crippen molar-refractivity contribution in [3.63, 3.8) is 0 Å². The number of hydrogen-bond acceptors (Lipinski definition) is 5. The fraction of sp³-hybridized carbons (Fsp3) is 0.192. The van der Waals surface area contributed by atoms with Gasteiger partial charge in [-0.05, 0) is 70.0 Å². The van der Waals surface area contributed by atoms with Crippen LogP contribution < -0.4 is 10.6 Å². The van der Waals surface area contributed by atoms with Gasteiger partial charge in [0.25, 0.3) is 5.91 Å². The molecule has 0 spiro atoms. The molecule has 180 valence electrons. The first-order valence-electron chi connectivity index (χ1n) is 10.8. The molecule has 8 nitrogen and oxygen atoms in total. The number of halogens is 1. The molecule has 0 aliphatic heterocycles. The lowest BCUT2D eigenvalue weighted by molar-refractivity contribution is -0.155. The van der Waals surface area contributed by atoms with E-state index in [2.05, 4.69) is 22.8 Å². The van der Waals surface area contributed by atoms with Crippen molar-refractivity contribution in [2.24, 2.45) is 0 Å². The van der Waals surface area contributed by atoms with Gasteiger partial charge in [-0.2, -0.15) is 0 Å². The Morgan fingerprint density at radius 3 is 2.20 bits per heavy atom. The van der Waals surface area contributed by atoms with Crippen LogP contribution in [-0.4, -0.2) is 46.9 Å². The van der Waals surface area contributed by atoms with E-state index in [0.717, 1.165) is 29.2 Å². The molecule has 0 fully saturated rings. The molecule has 0 bridgehead atoms. The maximum absolute atomic E-state index is 12.6. The van der Waals surface area contributed by atoms with E-state index in [9.17, 15) is 19.5 Å². The molecule has 9 heteroatoms. The second kappa shape index (κ2) is 10.0. The van der Waals surface area contributed by atoms with Gasteiger partial charge in [-0.3, -0.25) is 10.1 Å². The van der Waals surface area contributed by atoms with Crippen molar-refractivity contribution < 1.29 is 29.3 Å². The number of carbonyl (C=O) groups excluding carboxylic acids is 2. The summed E-state index contributed by atoms with van der Waals surface area (Å²) >= 11 is 2.00. The van der Waals surface area contributed by atoms with Crippen LogP contribution in [0.3, 0.4) is 0 Å². The largest absolute Gasteiger partial charge is 0.479 e. The molecule has 35 heavy (non-hydrogen) atoms. The Labute approximate surface area is 215 Å². The smallest absolute Gasteiger partial charge is 0.411 e. The molecule has 0 saturated heterocycles. The van der Waals surface area contributed by atoms with Crippen molar-refractivity contribution in [2.45, 2.75) is 18.4 Å². The number of carbonyl (C=O) groups is 3. The molecule has 3 aromatic carbocycles. The van der Waals surface area contributed by atoms with Crippen molar-refractivity contribution in [3.8, 4) is 11.1 Å². The van der Waals surface area contributed by atoms with Crippen LogP contribution in [0.1, 0.15) is 34.3 Å². The maximum Gasteiger partial charge on any atom is 0.411 e. The highest BCUT2D eigenvalue weighted by Crippen LogP contribution is 2.44. The SMILES string of the molecule is CC(O)(CNC(=O)c1cc(I)cc(NC(=O)OCC2c3ccccc3-c3ccccc32)c1)C(=O)O. The first-order valence-corrected chi connectivity index (χ1v) is 11.9. The lowest BCUT2D eigenvalue weighted by Gasteiger charge is -2.18. The van der Waals surface area contributed by atoms with Gasteiger partial charge in [-0.15, -0.1) is 0 Å². The normalized spacial score (nSPS) is 13.8. The summed E-state index contributed by atoms with van der Waals surface area (Å²) in [5.41, 5.74) is 2.93. The Morgan fingerprint density at radius 2 is 1.60 bits per heavy atom. The molecule has 3 aromatic rings. The summed E-state index contributed by atoms with van der Waals surface area (Å²) in [6.07, 6.45) is -0.658. The Balaban J connectivity index is 1.41. The summed E-state index contributed by atoms with van der Waals surface area (Å²) in [6, 6.07) is 20.8. The van der Waals surface area contributed by atoms with E-state index in [-0.39, 0.29) is 18.1 Å². The highest BCUT2D eigenvalue weighted by atomic mass is 127. The third kappa shape index (κ3) is 5.46. The van der Waals surface area contributed by atoms with Gasteiger partial charge in [0, 0.05) is 20.7 Å². The summed E-state index contributed by atoms with van der Waals surface area (Å²) in [7, 11) is 0. The summed E-state index contributed by atoms with van der Waals surface area (Å²) in [5.74, 6) is -2.11. The summed E-state index contributed by atoms with van der Waals surface area (Å²) in [6.45, 7) is 0.775. The van der Waals surface area contributed by atoms with Gasteiger partial charge in [-0.25, -0.2) is 9.59 Å². The number of fused-ring (bicyclic) bond motifs is 3. The third-order valence-corrected chi connectivity index (χ3v) is 6.43. The molecule has 0 aromatic heterocycles. The van der Waals surface area contributed by atoms with Gasteiger partial charge in [0.2, 0.25) is 0 Å². The lowest BCUT2D eigenvalue weighted by atomic mass is 9.98. The van der Waals surface area contributed by atoms with Gasteiger partial charge in [0.05, 0.1) is 6.54 Å². The highest BCUT2D eigenvalue weighted by molar-refractivity contribution is 14.1. The third-order valence-electron chi connectivity index (χ3n) is 5.80. The molecule has 1 aliphatic carbocycles. The average Bonchev–Trinajstić information content (AvgIpc) is 3.14. The molecule has 0 radical (unpaired) electrons. The van der Waals surface area contributed by atoms with E-state index in [1.165, 1.54) is 6.07 Å². The van der Waals surface area contributed by atoms with Gasteiger partial charge in [0.1, 0.15) is 6.61 Å². The molecule has 1 atom stereocenters. The Morgan fingerprint density at radius 1 is 1.00 bits per heavy atom. The highest BCUT2D eigenvalue weighted by Gasteiger charge is 2.31. The number of aliphatic hydroxyl groups is 1. The van der Waals surface area contributed by atoms with E-state index in [1.807, 2.05) is 59.0 Å². The molecule has 2 amide bonds. The number of ether oxygens (including phenoxy) is 1. The van der Waals surface area contributed by atoms with Crippen molar-refractivity contribution >= 4 is 46.2 Å². The number of carboxylic acids is 1. The van der Waals surface area contributed by atoms with Crippen LogP contribution >= 0.6 is 22.6 Å². The maximum atomic E-state index is 12.6. The first kappa shape index (κ1) is 24.7. The molecular weight excluding hydrogens is 563 g/mol. The topological polar surface area (TPSA) is 125 Å². The van der Waals surface area contributed by atoms with Gasteiger partial charge in [0.15, 0.2) is 5.60 Å². The summed E-state index contributed by atoms with van der Waals surface area (Å²) in [5, 5.41) is 23.8. The number of benzene rings is 3. The van der Waals surface area contributed by atoms with E-state index >= 15 is 0 Å². The fourth-order valence-electron chi connectivity index (χ4n) is 3.98. The molecule has 4 rings (SSSR count). The predicted octanol–water partition coefficient (Wildman–Crippen LogP) is 4.22. The minimum atomic E-state index is -2.10. The second-order valence-electron chi connectivity index (χ2n) is 8.44. The van der Waals surface area contributed by atoms with Gasteiger partial charge < -0.3 is 20.3 Å². The van der Waals surface area contributed by atoms with Crippen LogP contribution in [0.4, 0.5) is 10.5 Å². The number of carboxylic acid groups (broad SMARTS) is 1. The average molecular weight is 586 g/mol. The van der Waals surface area contributed by atoms with Crippen LogP contribution in [0.5, 0.6) is 0 Å². The van der Waals surface area contributed by atoms with E-state index in [1.54, 1.807) is 12.1 Å². The molecule has 0 heterocycles. The zero-order valence-corrected chi connectivity index (χ0v) is 20.9. The number of anilines is 1. The summed E-state index contributed by atoms with van der Waals surface area (Å²) < 4.78 is 6.23. The molecule has 1 unspecified atom stereocenters. The van der Waals surface area contributed by atoms with Crippen molar-refractivity contribution in [2.75, 3.05) is 18.5 Å². The van der Waals surface area contributed by atoms with Crippen LogP contribution in [-0.2, 0) is 9.53 Å². The van der Waals surface area contributed by atoms with E-state index < -0.39 is 30.1 Å². The predicted molar refractivity (Wildman–Crippen MR) is 138 cm³/mol. The quantitative estimate of drug-likeness (QED) is 0.308. The molecular formula is C26H23IN2O6. The number of rotatable bonds is 7. The number of hydrogen-bond donors (Lipinski definition) is 4. The Kier molecular flexibility index (Phi) is 7.08. The fourth-order valence-corrected chi connectivity index (χ4v) is 4.65. The van der Waals surface area contributed by atoms with E-state index in [4.69, 9.17) is 9.84 Å².